The molecule has 47 heavy (non-hydrogen) atoms. The first kappa shape index (κ1) is 34.1. The van der Waals surface area contributed by atoms with Gasteiger partial charge in [0, 0.05) is 64.9 Å². The lowest BCUT2D eigenvalue weighted by atomic mass is 10.1. The highest BCUT2D eigenvalue weighted by atomic mass is 16.4. The normalized spacial score (nSPS) is 10.9. The summed E-state index contributed by atoms with van der Waals surface area (Å²) in [6.07, 6.45) is 5.55. The maximum absolute atomic E-state index is 13.0. The molecule has 0 bridgehead atoms. The third kappa shape index (κ3) is 8.88. The van der Waals surface area contributed by atoms with Crippen molar-refractivity contribution < 1.29 is 29.1 Å². The van der Waals surface area contributed by atoms with Crippen molar-refractivity contribution in [2.45, 2.75) is 6.42 Å². The van der Waals surface area contributed by atoms with Gasteiger partial charge in [0.15, 0.2) is 0 Å². The van der Waals surface area contributed by atoms with Gasteiger partial charge in [0.2, 0.25) is 0 Å². The molecule has 0 aliphatic heterocycles. The SMILES string of the molecule is CN(CCCNC(=O)c1cccc(C(=O)O)c1)CCNC(=O)c1cc(NC(=O)c2cc(NC(=O)c3cc(N)cn3C)cn2C)cn1C. The molecule has 0 radical (unpaired) electrons. The molecule has 0 spiro atoms. The Kier molecular flexibility index (Phi) is 10.8. The minimum absolute atomic E-state index is 0.0520. The molecule has 15 nitrogen and oxygen atoms in total. The van der Waals surface area contributed by atoms with E-state index in [1.165, 1.54) is 18.2 Å². The molecule has 4 amide bonds. The number of hydrogen-bond acceptors (Lipinski definition) is 7. The minimum atomic E-state index is -1.09. The average molecular weight is 646 g/mol. The van der Waals surface area contributed by atoms with Gasteiger partial charge in [-0.3, -0.25) is 19.2 Å². The number of aromatic carboxylic acids is 1. The summed E-state index contributed by atoms with van der Waals surface area (Å²) in [7, 11) is 7.00. The first-order valence-electron chi connectivity index (χ1n) is 14.8. The number of benzene rings is 1. The highest BCUT2D eigenvalue weighted by Gasteiger charge is 2.18. The molecule has 0 saturated heterocycles. The number of hydrogen-bond donors (Lipinski definition) is 6. The van der Waals surface area contributed by atoms with E-state index < -0.39 is 11.9 Å². The van der Waals surface area contributed by atoms with Crippen molar-refractivity contribution in [2.24, 2.45) is 21.1 Å². The maximum Gasteiger partial charge on any atom is 0.335 e. The number of rotatable bonds is 14. The number of carbonyl (C=O) groups excluding carboxylic acids is 4. The summed E-state index contributed by atoms with van der Waals surface area (Å²) < 4.78 is 4.82. The first-order chi connectivity index (χ1) is 22.3. The second-order valence-corrected chi connectivity index (χ2v) is 11.2. The molecule has 0 atom stereocenters. The number of carbonyl (C=O) groups is 5. The molecule has 7 N–H and O–H groups in total. The van der Waals surface area contributed by atoms with Gasteiger partial charge in [0.1, 0.15) is 17.1 Å². The maximum atomic E-state index is 13.0. The van der Waals surface area contributed by atoms with E-state index in [2.05, 4.69) is 21.3 Å². The lowest BCUT2D eigenvalue weighted by molar-refractivity contribution is 0.0696. The Morgan fingerprint density at radius 2 is 1.23 bits per heavy atom. The van der Waals surface area contributed by atoms with Crippen molar-refractivity contribution >= 4 is 46.7 Å². The molecule has 248 valence electrons. The second-order valence-electron chi connectivity index (χ2n) is 11.2. The van der Waals surface area contributed by atoms with Crippen LogP contribution in [0.1, 0.15) is 58.6 Å². The fraction of sp³-hybridized carbons (Fsp3) is 0.281. The lowest BCUT2D eigenvalue weighted by Gasteiger charge is -2.17. The number of likely N-dealkylation sites (N-methyl/N-ethyl adjacent to an activating group) is 1. The molecule has 1 aromatic carbocycles. The molecule has 0 aliphatic carbocycles. The molecule has 0 saturated carbocycles. The van der Waals surface area contributed by atoms with Gasteiger partial charge in [0.05, 0.1) is 22.6 Å². The Morgan fingerprint density at radius 3 is 1.81 bits per heavy atom. The number of anilines is 3. The third-order valence-electron chi connectivity index (χ3n) is 7.40. The molecule has 3 aromatic heterocycles. The van der Waals surface area contributed by atoms with E-state index in [9.17, 15) is 24.0 Å². The molecule has 0 aliphatic rings. The molecular weight excluding hydrogens is 606 g/mol. The Labute approximate surface area is 271 Å². The molecule has 4 aromatic rings. The smallest absolute Gasteiger partial charge is 0.335 e. The molecule has 15 heteroatoms. The zero-order chi connectivity index (χ0) is 34.2. The van der Waals surface area contributed by atoms with Gasteiger partial charge in [-0.1, -0.05) is 6.07 Å². The summed E-state index contributed by atoms with van der Waals surface area (Å²) in [6, 6.07) is 10.6. The second kappa shape index (κ2) is 15.0. The van der Waals surface area contributed by atoms with E-state index in [0.29, 0.717) is 66.7 Å². The monoisotopic (exact) mass is 645 g/mol. The zero-order valence-electron chi connectivity index (χ0n) is 26.7. The Bertz CT molecular complexity index is 1800. The van der Waals surface area contributed by atoms with Crippen LogP contribution in [0.3, 0.4) is 0 Å². The summed E-state index contributed by atoms with van der Waals surface area (Å²) in [5.74, 6) is -2.51. The van der Waals surface area contributed by atoms with Gasteiger partial charge in [-0.05, 0) is 56.4 Å². The Morgan fingerprint density at radius 1 is 0.702 bits per heavy atom. The van der Waals surface area contributed by atoms with Crippen molar-refractivity contribution in [1.29, 1.82) is 0 Å². The van der Waals surface area contributed by atoms with Crippen LogP contribution in [-0.4, -0.2) is 86.5 Å². The standard InChI is InChI=1S/C32H39N9O6/c1-38(11-6-9-34-28(42)20-7-5-8-21(13-20)32(46)47)12-10-35-29(43)26-15-23(18-40(26)3)37-31(45)27-16-24(19-41(27)4)36-30(44)25-14-22(33)17-39(25)2/h5,7-8,13-19H,6,9-12,33H2,1-4H3,(H,34,42)(H,35,43)(H,36,44)(H,37,45)(H,46,47). The number of nitrogens with zero attached hydrogens (tertiary/aromatic N) is 4. The zero-order valence-corrected chi connectivity index (χ0v) is 26.7. The van der Waals surface area contributed by atoms with Crippen molar-refractivity contribution in [3.05, 3.63) is 89.3 Å². The van der Waals surface area contributed by atoms with Crippen molar-refractivity contribution in [3.63, 3.8) is 0 Å². The van der Waals surface area contributed by atoms with Gasteiger partial charge in [-0.2, -0.15) is 0 Å². The molecular formula is C32H39N9O6. The number of carboxylic acid groups (broad SMARTS) is 1. The average Bonchev–Trinajstić information content (AvgIpc) is 3.69. The van der Waals surface area contributed by atoms with Gasteiger partial charge in [-0.25, -0.2) is 4.79 Å². The van der Waals surface area contributed by atoms with E-state index >= 15 is 0 Å². The van der Waals surface area contributed by atoms with Crippen LogP contribution >= 0.6 is 0 Å². The lowest BCUT2D eigenvalue weighted by Crippen LogP contribution is -2.35. The fourth-order valence-electron chi connectivity index (χ4n) is 4.93. The van der Waals surface area contributed by atoms with Crippen molar-refractivity contribution in [3.8, 4) is 0 Å². The highest BCUT2D eigenvalue weighted by molar-refractivity contribution is 6.07. The van der Waals surface area contributed by atoms with Gasteiger partial charge < -0.3 is 50.7 Å². The number of carboxylic acids is 1. The summed E-state index contributed by atoms with van der Waals surface area (Å²) in [4.78, 5) is 63.9. The van der Waals surface area contributed by atoms with Crippen LogP contribution < -0.4 is 27.0 Å². The highest BCUT2D eigenvalue weighted by Crippen LogP contribution is 2.19. The van der Waals surface area contributed by atoms with Gasteiger partial charge >= 0.3 is 5.97 Å². The Balaban J connectivity index is 1.20. The largest absolute Gasteiger partial charge is 0.478 e. The number of nitrogen functional groups attached to an aromatic ring is 1. The van der Waals surface area contributed by atoms with Crippen LogP contribution in [0.2, 0.25) is 0 Å². The Hall–Kier alpha value is -5.83. The fourth-order valence-corrected chi connectivity index (χ4v) is 4.93. The molecule has 0 fully saturated rings. The topological polar surface area (TPSA) is 198 Å². The van der Waals surface area contributed by atoms with E-state index in [1.54, 1.807) is 77.7 Å². The predicted octanol–water partition coefficient (Wildman–Crippen LogP) is 1.97. The number of nitrogens with one attached hydrogen (secondary N) is 4. The van der Waals surface area contributed by atoms with Gasteiger partial charge in [0.25, 0.3) is 23.6 Å². The van der Waals surface area contributed by atoms with Crippen LogP contribution in [-0.2, 0) is 21.1 Å². The number of aromatic nitrogens is 3. The predicted molar refractivity (Wildman–Crippen MR) is 177 cm³/mol. The van der Waals surface area contributed by atoms with E-state index in [0.717, 1.165) is 0 Å². The van der Waals surface area contributed by atoms with E-state index in [4.69, 9.17) is 10.8 Å². The van der Waals surface area contributed by atoms with Crippen LogP contribution in [0.4, 0.5) is 17.1 Å². The summed E-state index contributed by atoms with van der Waals surface area (Å²) >= 11 is 0. The summed E-state index contributed by atoms with van der Waals surface area (Å²) in [5, 5.41) is 20.3. The van der Waals surface area contributed by atoms with Crippen LogP contribution in [0.25, 0.3) is 0 Å². The quantitative estimate of drug-likeness (QED) is 0.112. The van der Waals surface area contributed by atoms with Crippen LogP contribution in [0, 0.1) is 0 Å². The molecule has 3 heterocycles. The molecule has 0 unspecified atom stereocenters. The first-order valence-corrected chi connectivity index (χ1v) is 14.8. The van der Waals surface area contributed by atoms with Crippen molar-refractivity contribution in [2.75, 3.05) is 49.6 Å². The molecule has 4 rings (SSSR count). The van der Waals surface area contributed by atoms with Crippen molar-refractivity contribution in [1.82, 2.24) is 29.2 Å². The van der Waals surface area contributed by atoms with Crippen LogP contribution in [0.15, 0.2) is 61.1 Å². The number of aryl methyl sites for hydroxylation is 3. The van der Waals surface area contributed by atoms with E-state index in [-0.39, 0.29) is 28.8 Å². The summed E-state index contributed by atoms with van der Waals surface area (Å²) in [6.45, 7) is 2.02. The summed E-state index contributed by atoms with van der Waals surface area (Å²) in [5.41, 5.74) is 8.48. The number of amides is 4. The minimum Gasteiger partial charge on any atom is -0.478 e. The third-order valence-corrected chi connectivity index (χ3v) is 7.40. The van der Waals surface area contributed by atoms with Crippen LogP contribution in [0.5, 0.6) is 0 Å². The number of nitrogens with two attached hydrogens (primary N) is 1. The van der Waals surface area contributed by atoms with Gasteiger partial charge in [-0.15, -0.1) is 0 Å². The van der Waals surface area contributed by atoms with E-state index in [1.807, 2.05) is 11.9 Å².